The Labute approximate surface area is 118 Å². The summed E-state index contributed by atoms with van der Waals surface area (Å²) < 4.78 is 10.7. The van der Waals surface area contributed by atoms with E-state index < -0.39 is 23.7 Å². The van der Waals surface area contributed by atoms with Crippen LogP contribution < -0.4 is 4.74 Å². The molecule has 4 nitrogen and oxygen atoms in total. The number of ether oxygens (including phenoxy) is 2. The second-order valence-corrected chi connectivity index (χ2v) is 4.80. The van der Waals surface area contributed by atoms with Crippen LogP contribution in [-0.2, 0) is 11.3 Å². The van der Waals surface area contributed by atoms with Crippen molar-refractivity contribution >= 4 is 0 Å². The Bertz CT molecular complexity index is 516. The zero-order chi connectivity index (χ0) is 14.8. The summed E-state index contributed by atoms with van der Waals surface area (Å²) in [5, 5.41) is 19.9. The number of benzene rings is 1. The number of rotatable bonds is 5. The van der Waals surface area contributed by atoms with Crippen LogP contribution in [0.4, 0.5) is 0 Å². The average Bonchev–Trinajstić information content (AvgIpc) is 2.50. The molecule has 0 aromatic heterocycles. The molecule has 0 aliphatic heterocycles. The maximum absolute atomic E-state index is 10.0. The van der Waals surface area contributed by atoms with Gasteiger partial charge in [-0.05, 0) is 17.7 Å². The Morgan fingerprint density at radius 2 is 2.10 bits per heavy atom. The van der Waals surface area contributed by atoms with Crippen molar-refractivity contribution in [2.75, 3.05) is 7.11 Å². The fourth-order valence-electron chi connectivity index (χ4n) is 2.38. The lowest BCUT2D eigenvalue weighted by molar-refractivity contribution is -0.236. The van der Waals surface area contributed by atoms with E-state index in [0.29, 0.717) is 6.61 Å². The predicted octanol–water partition coefficient (Wildman–Crippen LogP) is 1.12. The third-order valence-corrected chi connectivity index (χ3v) is 3.71. The fraction of sp³-hybridized carbons (Fsp3) is 0.375. The van der Waals surface area contributed by atoms with E-state index in [1.54, 1.807) is 7.11 Å². The molecule has 2 rings (SSSR count). The number of aliphatic hydroxyl groups is 2. The Balaban J connectivity index is 1.97. The van der Waals surface area contributed by atoms with Crippen molar-refractivity contribution in [2.45, 2.75) is 24.4 Å². The van der Waals surface area contributed by atoms with Gasteiger partial charge in [-0.15, -0.1) is 13.0 Å². The van der Waals surface area contributed by atoms with Crippen molar-refractivity contribution in [1.82, 2.24) is 0 Å². The molecule has 0 heterocycles. The molecule has 1 aliphatic carbocycles. The molecule has 1 aromatic carbocycles. The summed E-state index contributed by atoms with van der Waals surface area (Å²) in [7, 11) is 1.60. The molecule has 0 unspecified atom stereocenters. The van der Waals surface area contributed by atoms with Gasteiger partial charge in [-0.25, -0.2) is 0 Å². The van der Waals surface area contributed by atoms with Crippen molar-refractivity contribution < 1.29 is 19.7 Å². The van der Waals surface area contributed by atoms with Crippen molar-refractivity contribution in [3.8, 4) is 18.1 Å². The highest BCUT2D eigenvalue weighted by molar-refractivity contribution is 5.30. The van der Waals surface area contributed by atoms with Gasteiger partial charge >= 0.3 is 0 Å². The first kappa shape index (κ1) is 14.6. The van der Waals surface area contributed by atoms with Crippen LogP contribution in [0.3, 0.4) is 0 Å². The molecule has 4 atom stereocenters. The lowest BCUT2D eigenvalue weighted by Gasteiger charge is -2.51. The van der Waals surface area contributed by atoms with Crippen molar-refractivity contribution in [3.63, 3.8) is 0 Å². The molecule has 0 spiro atoms. The van der Waals surface area contributed by atoms with Crippen LogP contribution in [0.5, 0.6) is 5.75 Å². The molecule has 0 bridgehead atoms. The molecular formula is C16H18O4. The average molecular weight is 274 g/mol. The molecular weight excluding hydrogens is 256 g/mol. The van der Waals surface area contributed by atoms with Crippen LogP contribution in [-0.4, -0.2) is 35.1 Å². The van der Waals surface area contributed by atoms with Gasteiger partial charge in [0.15, 0.2) is 5.60 Å². The Kier molecular flexibility index (Phi) is 4.15. The van der Waals surface area contributed by atoms with Crippen LogP contribution in [0.2, 0.25) is 0 Å². The highest BCUT2D eigenvalue weighted by Crippen LogP contribution is 2.41. The number of methoxy groups -OCH3 is 1. The lowest BCUT2D eigenvalue weighted by Crippen LogP contribution is -2.69. The number of hydrogen-bond donors (Lipinski definition) is 2. The van der Waals surface area contributed by atoms with Crippen LogP contribution in [0.15, 0.2) is 36.9 Å². The maximum atomic E-state index is 10.0. The van der Waals surface area contributed by atoms with Gasteiger partial charge in [0.2, 0.25) is 0 Å². The van der Waals surface area contributed by atoms with E-state index >= 15 is 0 Å². The highest BCUT2D eigenvalue weighted by Gasteiger charge is 2.60. The number of hydrogen-bond acceptors (Lipinski definition) is 4. The summed E-state index contributed by atoms with van der Waals surface area (Å²) in [4.78, 5) is 0. The highest BCUT2D eigenvalue weighted by atomic mass is 16.5. The minimum atomic E-state index is -1.58. The van der Waals surface area contributed by atoms with Crippen LogP contribution in [0.1, 0.15) is 5.56 Å². The van der Waals surface area contributed by atoms with E-state index in [2.05, 4.69) is 12.5 Å². The first-order chi connectivity index (χ1) is 9.56. The van der Waals surface area contributed by atoms with E-state index in [1.807, 2.05) is 24.3 Å². The summed E-state index contributed by atoms with van der Waals surface area (Å²) in [6.07, 6.45) is 5.12. The minimum absolute atomic E-state index is 0.316. The van der Waals surface area contributed by atoms with Gasteiger partial charge in [0, 0.05) is 5.92 Å². The molecule has 106 valence electrons. The molecule has 1 fully saturated rings. The Hall–Kier alpha value is -1.80. The first-order valence-corrected chi connectivity index (χ1v) is 6.32. The topological polar surface area (TPSA) is 58.9 Å². The standard InChI is InChI=1S/C16H18O4/c1-4-13-14(15(17)16(13,18)5-2)20-10-11-6-8-12(19-3)9-7-11/h2,4,6-9,13-15,17-18H,1,10H2,3H3/t13-,14-,15-,16+/m1/s1. The van der Waals surface area contributed by atoms with E-state index in [9.17, 15) is 10.2 Å². The number of aliphatic hydroxyl groups excluding tert-OH is 1. The maximum Gasteiger partial charge on any atom is 0.162 e. The third kappa shape index (κ3) is 2.32. The summed E-state index contributed by atoms with van der Waals surface area (Å²) >= 11 is 0. The Morgan fingerprint density at radius 1 is 1.45 bits per heavy atom. The minimum Gasteiger partial charge on any atom is -0.497 e. The molecule has 1 saturated carbocycles. The monoisotopic (exact) mass is 274 g/mol. The second kappa shape index (κ2) is 5.68. The van der Waals surface area contributed by atoms with Crippen molar-refractivity contribution in [1.29, 1.82) is 0 Å². The van der Waals surface area contributed by atoms with Gasteiger partial charge in [-0.2, -0.15) is 0 Å². The quantitative estimate of drug-likeness (QED) is 0.624. The largest absolute Gasteiger partial charge is 0.497 e. The molecule has 0 saturated heterocycles. The zero-order valence-electron chi connectivity index (χ0n) is 11.3. The fourth-order valence-corrected chi connectivity index (χ4v) is 2.38. The van der Waals surface area contributed by atoms with Crippen LogP contribution in [0.25, 0.3) is 0 Å². The summed E-state index contributed by atoms with van der Waals surface area (Å²) in [6, 6.07) is 7.41. The van der Waals surface area contributed by atoms with Gasteiger partial charge in [-0.1, -0.05) is 24.1 Å². The molecule has 4 heteroatoms. The van der Waals surface area contributed by atoms with Gasteiger partial charge in [0.25, 0.3) is 0 Å². The van der Waals surface area contributed by atoms with E-state index in [1.165, 1.54) is 6.08 Å². The van der Waals surface area contributed by atoms with Crippen molar-refractivity contribution in [3.05, 3.63) is 42.5 Å². The molecule has 1 aliphatic rings. The second-order valence-electron chi connectivity index (χ2n) is 4.80. The first-order valence-electron chi connectivity index (χ1n) is 6.32. The van der Waals surface area contributed by atoms with E-state index in [0.717, 1.165) is 11.3 Å². The van der Waals surface area contributed by atoms with Crippen LogP contribution in [0, 0.1) is 18.3 Å². The van der Waals surface area contributed by atoms with E-state index in [4.69, 9.17) is 15.9 Å². The summed E-state index contributed by atoms with van der Waals surface area (Å²) in [5.74, 6) is 2.50. The lowest BCUT2D eigenvalue weighted by atomic mass is 9.64. The van der Waals surface area contributed by atoms with Crippen molar-refractivity contribution in [2.24, 2.45) is 5.92 Å². The predicted molar refractivity (Wildman–Crippen MR) is 75.0 cm³/mol. The van der Waals surface area contributed by atoms with Gasteiger partial charge in [0.1, 0.15) is 11.9 Å². The van der Waals surface area contributed by atoms with Gasteiger partial charge in [0.05, 0.1) is 19.8 Å². The smallest absolute Gasteiger partial charge is 0.162 e. The SMILES string of the molecule is C#C[C@@]1(O)[C@H](O)[C@H](OCc2ccc(OC)cc2)[C@H]1C=C. The number of terminal acetylenes is 1. The molecule has 0 amide bonds. The summed E-state index contributed by atoms with van der Waals surface area (Å²) in [5.41, 5.74) is -0.635. The summed E-state index contributed by atoms with van der Waals surface area (Å²) in [6.45, 7) is 3.94. The normalized spacial score (nSPS) is 32.0. The molecule has 20 heavy (non-hydrogen) atoms. The molecule has 2 N–H and O–H groups in total. The zero-order valence-corrected chi connectivity index (χ0v) is 11.3. The van der Waals surface area contributed by atoms with Gasteiger partial charge in [-0.3, -0.25) is 0 Å². The molecule has 0 radical (unpaired) electrons. The molecule has 1 aromatic rings. The third-order valence-electron chi connectivity index (χ3n) is 3.71. The van der Waals surface area contributed by atoms with Gasteiger partial charge < -0.3 is 19.7 Å². The Morgan fingerprint density at radius 3 is 2.60 bits per heavy atom. The van der Waals surface area contributed by atoms with Crippen LogP contribution >= 0.6 is 0 Å². The van der Waals surface area contributed by atoms with E-state index in [-0.39, 0.29) is 0 Å².